The molecule has 0 aliphatic rings. The van der Waals surface area contributed by atoms with Gasteiger partial charge in [0.25, 0.3) is 0 Å². The standard InChI is InChI=1S/C19H22N2O4/c1-14-7-4-5-9-16(14)25-12-11-18(22)21-20-13-15-8-6-10-17(23-2)19(15)24-3/h4-10,13H,11-12H2,1-3H3,(H,21,22). The lowest BCUT2D eigenvalue weighted by Gasteiger charge is -2.09. The summed E-state index contributed by atoms with van der Waals surface area (Å²) in [6, 6.07) is 13.1. The van der Waals surface area contributed by atoms with Crippen LogP contribution in [-0.2, 0) is 4.79 Å². The second-order valence-electron chi connectivity index (χ2n) is 5.24. The minimum absolute atomic E-state index is 0.209. The van der Waals surface area contributed by atoms with Crippen LogP contribution in [0.5, 0.6) is 17.2 Å². The first-order valence-electron chi connectivity index (χ1n) is 7.87. The molecule has 2 aromatic carbocycles. The van der Waals surface area contributed by atoms with Gasteiger partial charge < -0.3 is 14.2 Å². The quantitative estimate of drug-likeness (QED) is 0.591. The minimum Gasteiger partial charge on any atom is -0.493 e. The van der Waals surface area contributed by atoms with E-state index in [0.717, 1.165) is 11.3 Å². The summed E-state index contributed by atoms with van der Waals surface area (Å²) in [6.07, 6.45) is 1.72. The lowest BCUT2D eigenvalue weighted by molar-refractivity contribution is -0.121. The van der Waals surface area contributed by atoms with E-state index in [-0.39, 0.29) is 18.9 Å². The maximum absolute atomic E-state index is 11.8. The van der Waals surface area contributed by atoms with Crippen LogP contribution < -0.4 is 19.6 Å². The Hall–Kier alpha value is -3.02. The lowest BCUT2D eigenvalue weighted by atomic mass is 10.2. The van der Waals surface area contributed by atoms with Crippen LogP contribution in [0.1, 0.15) is 17.5 Å². The average Bonchev–Trinajstić information content (AvgIpc) is 2.63. The second kappa shape index (κ2) is 9.32. The fraction of sp³-hybridized carbons (Fsp3) is 0.263. The maximum atomic E-state index is 11.8. The fourth-order valence-corrected chi connectivity index (χ4v) is 2.22. The van der Waals surface area contributed by atoms with Gasteiger partial charge in [0.2, 0.25) is 5.91 Å². The summed E-state index contributed by atoms with van der Waals surface area (Å²) in [5, 5.41) is 3.95. The number of carbonyl (C=O) groups is 1. The van der Waals surface area contributed by atoms with Crippen LogP contribution in [0.15, 0.2) is 47.6 Å². The molecule has 0 bridgehead atoms. The molecular formula is C19H22N2O4. The van der Waals surface area contributed by atoms with Gasteiger partial charge in [0.05, 0.1) is 33.5 Å². The lowest BCUT2D eigenvalue weighted by Crippen LogP contribution is -2.20. The molecule has 2 aromatic rings. The maximum Gasteiger partial charge on any atom is 0.243 e. The summed E-state index contributed by atoms with van der Waals surface area (Å²) in [7, 11) is 3.12. The highest BCUT2D eigenvalue weighted by Crippen LogP contribution is 2.29. The van der Waals surface area contributed by atoms with Crippen molar-refractivity contribution in [1.29, 1.82) is 0 Å². The highest BCUT2D eigenvalue weighted by Gasteiger charge is 2.07. The van der Waals surface area contributed by atoms with Crippen molar-refractivity contribution in [3.05, 3.63) is 53.6 Å². The molecule has 25 heavy (non-hydrogen) atoms. The van der Waals surface area contributed by atoms with Crippen LogP contribution in [0.2, 0.25) is 0 Å². The fourth-order valence-electron chi connectivity index (χ4n) is 2.22. The normalized spacial score (nSPS) is 10.5. The average molecular weight is 342 g/mol. The largest absolute Gasteiger partial charge is 0.493 e. The summed E-state index contributed by atoms with van der Waals surface area (Å²) in [6.45, 7) is 2.25. The van der Waals surface area contributed by atoms with Crippen molar-refractivity contribution in [2.45, 2.75) is 13.3 Å². The van der Waals surface area contributed by atoms with E-state index >= 15 is 0 Å². The second-order valence-corrected chi connectivity index (χ2v) is 5.24. The number of amides is 1. The Kier molecular flexibility index (Phi) is 6.83. The number of nitrogens with one attached hydrogen (secondary N) is 1. The smallest absolute Gasteiger partial charge is 0.243 e. The first kappa shape index (κ1) is 18.3. The molecule has 0 spiro atoms. The van der Waals surface area contributed by atoms with Gasteiger partial charge in [-0.15, -0.1) is 0 Å². The summed E-state index contributed by atoms with van der Waals surface area (Å²) in [5.74, 6) is 1.71. The molecule has 0 saturated heterocycles. The zero-order valence-corrected chi connectivity index (χ0v) is 14.6. The van der Waals surface area contributed by atoms with Crippen LogP contribution in [0, 0.1) is 6.92 Å². The first-order valence-corrected chi connectivity index (χ1v) is 7.87. The number of hydrogen-bond donors (Lipinski definition) is 1. The number of ether oxygens (including phenoxy) is 3. The number of hydrogen-bond acceptors (Lipinski definition) is 5. The molecule has 0 atom stereocenters. The van der Waals surface area contributed by atoms with Crippen molar-refractivity contribution in [3.8, 4) is 17.2 Å². The van der Waals surface area contributed by atoms with E-state index in [9.17, 15) is 4.79 Å². The van der Waals surface area contributed by atoms with Gasteiger partial charge in [-0.25, -0.2) is 5.43 Å². The van der Waals surface area contributed by atoms with Crippen LogP contribution in [0.25, 0.3) is 0 Å². The predicted molar refractivity (Wildman–Crippen MR) is 96.6 cm³/mol. The number of para-hydroxylation sites is 2. The number of hydrazone groups is 1. The predicted octanol–water partition coefficient (Wildman–Crippen LogP) is 2.93. The molecule has 0 aromatic heterocycles. The van der Waals surface area contributed by atoms with E-state index < -0.39 is 0 Å². The molecule has 0 aliphatic carbocycles. The van der Waals surface area contributed by atoms with E-state index in [0.29, 0.717) is 17.1 Å². The molecule has 132 valence electrons. The number of nitrogens with zero attached hydrogens (tertiary/aromatic N) is 1. The Bertz CT molecular complexity index is 744. The molecule has 2 rings (SSSR count). The Morgan fingerprint density at radius 3 is 2.56 bits per heavy atom. The minimum atomic E-state index is -0.230. The van der Waals surface area contributed by atoms with Gasteiger partial charge in [0.15, 0.2) is 11.5 Å². The summed E-state index contributed by atoms with van der Waals surface area (Å²) in [5.41, 5.74) is 4.22. The highest BCUT2D eigenvalue weighted by atomic mass is 16.5. The van der Waals surface area contributed by atoms with Crippen molar-refractivity contribution in [1.82, 2.24) is 5.43 Å². The monoisotopic (exact) mass is 342 g/mol. The molecule has 0 aliphatic heterocycles. The van der Waals surface area contributed by atoms with E-state index in [2.05, 4.69) is 10.5 Å². The summed E-state index contributed by atoms with van der Waals surface area (Å²) >= 11 is 0. The molecule has 6 heteroatoms. The molecule has 0 radical (unpaired) electrons. The highest BCUT2D eigenvalue weighted by molar-refractivity contribution is 5.86. The van der Waals surface area contributed by atoms with E-state index in [1.807, 2.05) is 43.3 Å². The Morgan fingerprint density at radius 1 is 1.08 bits per heavy atom. The third kappa shape index (κ3) is 5.24. The van der Waals surface area contributed by atoms with Crippen LogP contribution in [-0.4, -0.2) is 32.9 Å². The van der Waals surface area contributed by atoms with Gasteiger partial charge in [-0.05, 0) is 30.7 Å². The van der Waals surface area contributed by atoms with Gasteiger partial charge in [-0.3, -0.25) is 4.79 Å². The topological polar surface area (TPSA) is 69.2 Å². The molecule has 1 amide bonds. The zero-order valence-electron chi connectivity index (χ0n) is 14.6. The first-order chi connectivity index (χ1) is 12.2. The van der Waals surface area contributed by atoms with Crippen LogP contribution in [0.4, 0.5) is 0 Å². The van der Waals surface area contributed by atoms with Crippen molar-refractivity contribution in [3.63, 3.8) is 0 Å². The van der Waals surface area contributed by atoms with Crippen LogP contribution in [0.3, 0.4) is 0 Å². The molecule has 6 nitrogen and oxygen atoms in total. The number of carbonyl (C=O) groups excluding carboxylic acids is 1. The van der Waals surface area contributed by atoms with Gasteiger partial charge in [-0.1, -0.05) is 24.3 Å². The van der Waals surface area contributed by atoms with E-state index in [4.69, 9.17) is 14.2 Å². The SMILES string of the molecule is COc1cccc(C=NNC(=O)CCOc2ccccc2C)c1OC. The van der Waals surface area contributed by atoms with Crippen molar-refractivity contribution in [2.75, 3.05) is 20.8 Å². The Balaban J connectivity index is 1.84. The Morgan fingerprint density at radius 2 is 1.84 bits per heavy atom. The number of methoxy groups -OCH3 is 2. The van der Waals surface area contributed by atoms with Gasteiger partial charge in [0.1, 0.15) is 5.75 Å². The van der Waals surface area contributed by atoms with Gasteiger partial charge in [0, 0.05) is 5.56 Å². The Labute approximate surface area is 147 Å². The third-order valence-electron chi connectivity index (χ3n) is 3.51. The number of benzene rings is 2. The molecule has 0 saturated carbocycles. The van der Waals surface area contributed by atoms with Gasteiger partial charge >= 0.3 is 0 Å². The van der Waals surface area contributed by atoms with Crippen molar-refractivity contribution in [2.24, 2.45) is 5.10 Å². The van der Waals surface area contributed by atoms with Crippen molar-refractivity contribution < 1.29 is 19.0 Å². The number of rotatable bonds is 8. The molecule has 0 unspecified atom stereocenters. The summed E-state index contributed by atoms with van der Waals surface area (Å²) in [4.78, 5) is 11.8. The van der Waals surface area contributed by atoms with Gasteiger partial charge in [-0.2, -0.15) is 5.10 Å². The van der Waals surface area contributed by atoms with Crippen LogP contribution >= 0.6 is 0 Å². The van der Waals surface area contributed by atoms with E-state index in [1.165, 1.54) is 6.21 Å². The molecule has 0 fully saturated rings. The molecular weight excluding hydrogens is 320 g/mol. The molecule has 1 N–H and O–H groups in total. The third-order valence-corrected chi connectivity index (χ3v) is 3.51. The van der Waals surface area contributed by atoms with Crippen molar-refractivity contribution >= 4 is 12.1 Å². The zero-order chi connectivity index (χ0) is 18.1. The molecule has 0 heterocycles. The van der Waals surface area contributed by atoms with E-state index in [1.54, 1.807) is 20.3 Å². The number of aryl methyl sites for hydroxylation is 1. The summed E-state index contributed by atoms with van der Waals surface area (Å²) < 4.78 is 16.1.